The van der Waals surface area contributed by atoms with E-state index >= 15 is 0 Å². The van der Waals surface area contributed by atoms with Crippen LogP contribution in [-0.2, 0) is 10.4 Å². The number of halogens is 4. The Hall–Kier alpha value is -2.02. The van der Waals surface area contributed by atoms with Gasteiger partial charge >= 0.3 is 6.18 Å². The number of hydrogen-bond acceptors (Lipinski definition) is 3. The van der Waals surface area contributed by atoms with Crippen molar-refractivity contribution < 1.29 is 22.7 Å². The largest absolute Gasteiger partial charge is 0.457 e. The average molecular weight is 386 g/mol. The number of benzene rings is 2. The first-order valence-electron chi connectivity index (χ1n) is 6.71. The molecular formula is C16H11BrF3NO2. The second-order valence-corrected chi connectivity index (χ2v) is 5.92. The summed E-state index contributed by atoms with van der Waals surface area (Å²) in [6.45, 7) is 0. The summed E-state index contributed by atoms with van der Waals surface area (Å²) in [5, 5.41) is 3.40. The Labute approximate surface area is 138 Å². The first-order chi connectivity index (χ1) is 10.9. The zero-order chi connectivity index (χ0) is 16.5. The van der Waals surface area contributed by atoms with E-state index < -0.39 is 18.2 Å². The minimum Gasteiger partial charge on any atom is -0.457 e. The van der Waals surface area contributed by atoms with E-state index in [0.29, 0.717) is 11.5 Å². The second kappa shape index (κ2) is 5.88. The molecule has 23 heavy (non-hydrogen) atoms. The van der Waals surface area contributed by atoms with E-state index in [1.54, 1.807) is 12.1 Å². The molecule has 0 radical (unpaired) electrons. The maximum Gasteiger partial charge on any atom is 0.435 e. The van der Waals surface area contributed by atoms with Gasteiger partial charge in [0, 0.05) is 5.56 Å². The summed E-state index contributed by atoms with van der Waals surface area (Å²) in [4.78, 5) is 4.74. The number of para-hydroxylation sites is 1. The van der Waals surface area contributed by atoms with E-state index in [1.165, 1.54) is 24.3 Å². The lowest BCUT2D eigenvalue weighted by atomic mass is 9.90. The Morgan fingerprint density at radius 2 is 1.61 bits per heavy atom. The van der Waals surface area contributed by atoms with Crippen molar-refractivity contribution in [3.8, 4) is 11.5 Å². The monoisotopic (exact) mass is 385 g/mol. The molecule has 0 amide bonds. The highest BCUT2D eigenvalue weighted by atomic mass is 79.9. The summed E-state index contributed by atoms with van der Waals surface area (Å²) in [5.74, 6) is 1.05. The lowest BCUT2D eigenvalue weighted by Gasteiger charge is -2.29. The Bertz CT molecular complexity index is 716. The van der Waals surface area contributed by atoms with Gasteiger partial charge in [0.2, 0.25) is 0 Å². The average Bonchev–Trinajstić information content (AvgIpc) is 2.92. The van der Waals surface area contributed by atoms with Crippen LogP contribution in [0.3, 0.4) is 0 Å². The second-order valence-electron chi connectivity index (χ2n) is 5.00. The number of nitrogens with zero attached hydrogens (tertiary/aromatic N) is 1. The van der Waals surface area contributed by atoms with Crippen molar-refractivity contribution in [2.75, 3.05) is 0 Å². The minimum atomic E-state index is -4.59. The molecule has 120 valence electrons. The summed E-state index contributed by atoms with van der Waals surface area (Å²) in [7, 11) is 0. The maximum absolute atomic E-state index is 13.5. The molecule has 0 fully saturated rings. The van der Waals surface area contributed by atoms with Crippen molar-refractivity contribution in [3.05, 3.63) is 60.2 Å². The summed E-state index contributed by atoms with van der Waals surface area (Å²) >= 11 is 2.96. The van der Waals surface area contributed by atoms with Gasteiger partial charge in [-0.25, -0.2) is 0 Å². The Morgan fingerprint density at radius 1 is 1.00 bits per heavy atom. The van der Waals surface area contributed by atoms with Gasteiger partial charge in [0.1, 0.15) is 16.1 Å². The molecule has 1 aliphatic rings. The molecule has 0 spiro atoms. The summed E-state index contributed by atoms with van der Waals surface area (Å²) in [5.41, 5.74) is -2.49. The molecule has 3 rings (SSSR count). The maximum atomic E-state index is 13.5. The fourth-order valence-electron chi connectivity index (χ4n) is 2.28. The van der Waals surface area contributed by atoms with Crippen molar-refractivity contribution >= 4 is 20.6 Å². The van der Waals surface area contributed by atoms with E-state index in [1.807, 2.05) is 18.2 Å². The van der Waals surface area contributed by atoms with Crippen LogP contribution < -0.4 is 4.74 Å². The van der Waals surface area contributed by atoms with Gasteiger partial charge < -0.3 is 9.57 Å². The number of hydrogen-bond donors (Lipinski definition) is 0. The lowest BCUT2D eigenvalue weighted by molar-refractivity contribution is -0.275. The predicted octanol–water partition coefficient (Wildman–Crippen LogP) is 5.37. The molecule has 2 aromatic rings. The molecule has 3 nitrogen and oxygen atoms in total. The van der Waals surface area contributed by atoms with E-state index in [0.717, 1.165) is 0 Å². The molecule has 7 heteroatoms. The number of oxime groups is 1. The van der Waals surface area contributed by atoms with Gasteiger partial charge in [-0.05, 0) is 40.2 Å². The van der Waals surface area contributed by atoms with Crippen molar-refractivity contribution in [3.63, 3.8) is 0 Å². The normalized spacial score (nSPS) is 20.8. The predicted molar refractivity (Wildman–Crippen MR) is 82.8 cm³/mol. The molecule has 0 N–H and O–H groups in total. The van der Waals surface area contributed by atoms with Crippen LogP contribution in [-0.4, -0.2) is 10.8 Å². The van der Waals surface area contributed by atoms with Gasteiger partial charge in [-0.15, -0.1) is 0 Å². The van der Waals surface area contributed by atoms with Crippen LogP contribution in [0.25, 0.3) is 0 Å². The Morgan fingerprint density at radius 3 is 2.13 bits per heavy atom. The minimum absolute atomic E-state index is 0.0244. The third-order valence-electron chi connectivity index (χ3n) is 3.45. The quantitative estimate of drug-likeness (QED) is 0.711. The van der Waals surface area contributed by atoms with Crippen molar-refractivity contribution in [2.24, 2.45) is 5.16 Å². The van der Waals surface area contributed by atoms with E-state index in [2.05, 4.69) is 21.1 Å². The Kier molecular flexibility index (Phi) is 4.06. The van der Waals surface area contributed by atoms with Crippen LogP contribution in [0.4, 0.5) is 13.2 Å². The lowest BCUT2D eigenvalue weighted by Crippen LogP contribution is -2.42. The highest BCUT2D eigenvalue weighted by molar-refractivity contribution is 9.18. The van der Waals surface area contributed by atoms with E-state index in [-0.39, 0.29) is 10.2 Å². The molecule has 0 aliphatic carbocycles. The first-order valence-corrected chi connectivity index (χ1v) is 7.51. The molecule has 0 unspecified atom stereocenters. The van der Waals surface area contributed by atoms with Crippen LogP contribution in [0.2, 0.25) is 0 Å². The van der Waals surface area contributed by atoms with Crippen LogP contribution in [0, 0.1) is 0 Å². The van der Waals surface area contributed by atoms with Crippen molar-refractivity contribution in [1.82, 2.24) is 0 Å². The smallest absolute Gasteiger partial charge is 0.435 e. The van der Waals surface area contributed by atoms with E-state index in [4.69, 9.17) is 9.57 Å². The summed E-state index contributed by atoms with van der Waals surface area (Å²) in [6.07, 6.45) is -4.98. The Balaban J connectivity index is 1.86. The number of rotatable bonds is 3. The highest BCUT2D eigenvalue weighted by Crippen LogP contribution is 2.48. The van der Waals surface area contributed by atoms with Gasteiger partial charge in [-0.1, -0.05) is 35.5 Å². The van der Waals surface area contributed by atoms with Gasteiger partial charge in [0.25, 0.3) is 5.60 Å². The molecule has 1 heterocycles. The molecule has 0 bridgehead atoms. The third-order valence-corrected chi connectivity index (χ3v) is 3.88. The molecular weight excluding hydrogens is 375 g/mol. The molecule has 1 aliphatic heterocycles. The van der Waals surface area contributed by atoms with Crippen LogP contribution in [0.5, 0.6) is 11.5 Å². The van der Waals surface area contributed by atoms with Gasteiger partial charge in [-0.2, -0.15) is 13.2 Å². The van der Waals surface area contributed by atoms with Gasteiger partial charge in [-0.3, -0.25) is 0 Å². The molecule has 0 saturated carbocycles. The van der Waals surface area contributed by atoms with Gasteiger partial charge in [0.05, 0.1) is 6.42 Å². The van der Waals surface area contributed by atoms with Crippen LogP contribution in [0.15, 0.2) is 59.8 Å². The highest BCUT2D eigenvalue weighted by Gasteiger charge is 2.62. The topological polar surface area (TPSA) is 30.8 Å². The van der Waals surface area contributed by atoms with E-state index in [9.17, 15) is 13.2 Å². The summed E-state index contributed by atoms with van der Waals surface area (Å²) < 4.78 is 46.1. The molecule has 1 atom stereocenters. The number of ether oxygens (including phenoxy) is 1. The molecule has 0 aromatic heterocycles. The van der Waals surface area contributed by atoms with Crippen LogP contribution in [0.1, 0.15) is 12.0 Å². The summed E-state index contributed by atoms with van der Waals surface area (Å²) in [6, 6.07) is 14.6. The van der Waals surface area contributed by atoms with Crippen LogP contribution >= 0.6 is 15.9 Å². The first kappa shape index (κ1) is 15.9. The molecule has 0 saturated heterocycles. The standard InChI is InChI=1S/C16H11BrF3NO2/c17-14-10-15(23-21-14,16(18,19)20)11-6-8-13(9-7-11)22-12-4-2-1-3-5-12/h1-9H,10H2/t15-/m0/s1. The molecule has 2 aromatic carbocycles. The van der Waals surface area contributed by atoms with Crippen molar-refractivity contribution in [1.29, 1.82) is 0 Å². The number of alkyl halides is 3. The van der Waals surface area contributed by atoms with Crippen molar-refractivity contribution in [2.45, 2.75) is 18.2 Å². The fourth-order valence-corrected chi connectivity index (χ4v) is 2.75. The zero-order valence-corrected chi connectivity index (χ0v) is 13.3. The third kappa shape index (κ3) is 3.06. The SMILES string of the molecule is FC(F)(F)[C@@]1(c2ccc(Oc3ccccc3)cc2)CC(Br)=NO1. The zero-order valence-electron chi connectivity index (χ0n) is 11.7. The van der Waals surface area contributed by atoms with Gasteiger partial charge in [0.15, 0.2) is 0 Å². The fraction of sp³-hybridized carbons (Fsp3) is 0.188.